The molecule has 0 aliphatic rings. The van der Waals surface area contributed by atoms with Crippen LogP contribution in [0.4, 0.5) is 4.39 Å². The van der Waals surface area contributed by atoms with Gasteiger partial charge in [0.2, 0.25) is 0 Å². The van der Waals surface area contributed by atoms with Gasteiger partial charge in [0, 0.05) is 0 Å². The van der Waals surface area contributed by atoms with Crippen LogP contribution in [0.15, 0.2) is 18.2 Å². The monoisotopic (exact) mass is 186 g/mol. The molecule has 1 atom stereocenters. The van der Waals surface area contributed by atoms with Crippen LogP contribution in [0.2, 0.25) is 0 Å². The van der Waals surface area contributed by atoms with E-state index in [2.05, 4.69) is 9.24 Å². The number of hydrogen-bond acceptors (Lipinski definition) is 1. The van der Waals surface area contributed by atoms with E-state index >= 15 is 0 Å². The zero-order chi connectivity index (χ0) is 8.97. The third-order valence-corrected chi connectivity index (χ3v) is 1.78. The van der Waals surface area contributed by atoms with E-state index in [1.807, 2.05) is 6.92 Å². The molecule has 0 bridgehead atoms. The first kappa shape index (κ1) is 9.47. The van der Waals surface area contributed by atoms with E-state index in [1.54, 1.807) is 12.1 Å². The summed E-state index contributed by atoms with van der Waals surface area (Å²) in [7, 11) is 2.44. The molecular formula is C9H12FOP. The molecule has 0 N–H and O–H groups in total. The first-order chi connectivity index (χ1) is 5.74. The summed E-state index contributed by atoms with van der Waals surface area (Å²) >= 11 is 0. The maximum atomic E-state index is 13.0. The van der Waals surface area contributed by atoms with Gasteiger partial charge in [0.05, 0.1) is 6.61 Å². The second-order valence-corrected chi connectivity index (χ2v) is 3.20. The van der Waals surface area contributed by atoms with Crippen LogP contribution in [0.3, 0.4) is 0 Å². The highest BCUT2D eigenvalue weighted by Crippen LogP contribution is 2.15. The molecule has 1 unspecified atom stereocenters. The molecule has 1 aromatic carbocycles. The largest absolute Gasteiger partial charge is 0.491 e. The molecule has 0 fully saturated rings. The van der Waals surface area contributed by atoms with Crippen LogP contribution in [-0.4, -0.2) is 6.61 Å². The van der Waals surface area contributed by atoms with Crippen LogP contribution < -0.4 is 10.0 Å². The molecule has 1 nitrogen and oxygen atoms in total. The van der Waals surface area contributed by atoms with Crippen molar-refractivity contribution in [3.8, 4) is 5.75 Å². The van der Waals surface area contributed by atoms with Crippen LogP contribution >= 0.6 is 9.24 Å². The minimum Gasteiger partial charge on any atom is -0.491 e. The fraction of sp³-hybridized carbons (Fsp3) is 0.333. The fourth-order valence-corrected chi connectivity index (χ4v) is 1.09. The average molecular weight is 186 g/mol. The Morgan fingerprint density at radius 1 is 1.50 bits per heavy atom. The van der Waals surface area contributed by atoms with Crippen molar-refractivity contribution in [3.05, 3.63) is 24.0 Å². The molecular weight excluding hydrogens is 174 g/mol. The van der Waals surface area contributed by atoms with Gasteiger partial charge in [0.25, 0.3) is 0 Å². The van der Waals surface area contributed by atoms with Crippen LogP contribution in [0.1, 0.15) is 13.3 Å². The molecule has 0 heterocycles. The van der Waals surface area contributed by atoms with E-state index in [9.17, 15) is 4.39 Å². The molecule has 0 saturated carbocycles. The number of benzene rings is 1. The van der Waals surface area contributed by atoms with Crippen molar-refractivity contribution in [2.75, 3.05) is 6.61 Å². The lowest BCUT2D eigenvalue weighted by molar-refractivity contribution is 0.301. The van der Waals surface area contributed by atoms with Crippen LogP contribution in [-0.2, 0) is 0 Å². The molecule has 1 rings (SSSR count). The van der Waals surface area contributed by atoms with Crippen LogP contribution in [0, 0.1) is 5.82 Å². The molecule has 0 radical (unpaired) electrons. The molecule has 0 aliphatic heterocycles. The molecule has 0 spiro atoms. The van der Waals surface area contributed by atoms with Gasteiger partial charge < -0.3 is 4.74 Å². The number of ether oxygens (including phenoxy) is 1. The number of hydrogen-bond donors (Lipinski definition) is 0. The SMILES string of the molecule is CCCOc1ccc(P)cc1F. The summed E-state index contributed by atoms with van der Waals surface area (Å²) in [6.07, 6.45) is 0.891. The maximum absolute atomic E-state index is 13.0. The Hall–Kier alpha value is -0.620. The Morgan fingerprint density at radius 3 is 2.83 bits per heavy atom. The summed E-state index contributed by atoms with van der Waals surface area (Å²) < 4.78 is 18.2. The predicted molar refractivity (Wildman–Crippen MR) is 51.5 cm³/mol. The van der Waals surface area contributed by atoms with Gasteiger partial charge in [-0.2, -0.15) is 0 Å². The van der Waals surface area contributed by atoms with E-state index in [0.29, 0.717) is 12.4 Å². The summed E-state index contributed by atoms with van der Waals surface area (Å²) in [5, 5.41) is 0.830. The first-order valence-corrected chi connectivity index (χ1v) is 4.49. The van der Waals surface area contributed by atoms with Crippen molar-refractivity contribution in [3.63, 3.8) is 0 Å². The molecule has 0 aliphatic carbocycles. The van der Waals surface area contributed by atoms with Crippen molar-refractivity contribution in [2.45, 2.75) is 13.3 Å². The standard InChI is InChI=1S/C9H12FOP/c1-2-5-11-9-4-3-7(12)6-8(9)10/h3-4,6H,2,5,12H2,1H3. The van der Waals surface area contributed by atoms with E-state index in [-0.39, 0.29) is 5.82 Å². The van der Waals surface area contributed by atoms with Crippen molar-refractivity contribution in [1.29, 1.82) is 0 Å². The highest BCUT2D eigenvalue weighted by atomic mass is 31.0. The van der Waals surface area contributed by atoms with Crippen LogP contribution in [0.25, 0.3) is 0 Å². The Labute approximate surface area is 74.1 Å². The topological polar surface area (TPSA) is 9.23 Å². The Balaban J connectivity index is 2.72. The molecule has 3 heteroatoms. The van der Waals surface area contributed by atoms with E-state index in [1.165, 1.54) is 6.07 Å². The predicted octanol–water partition coefficient (Wildman–Crippen LogP) is 2.11. The molecule has 0 saturated heterocycles. The molecule has 66 valence electrons. The van der Waals surface area contributed by atoms with Gasteiger partial charge in [-0.15, -0.1) is 9.24 Å². The van der Waals surface area contributed by atoms with E-state index in [0.717, 1.165) is 11.7 Å². The number of rotatable bonds is 3. The molecule has 0 amide bonds. The van der Waals surface area contributed by atoms with Gasteiger partial charge in [-0.1, -0.05) is 13.0 Å². The lowest BCUT2D eigenvalue weighted by Crippen LogP contribution is -2.00. The van der Waals surface area contributed by atoms with Crippen molar-refractivity contribution >= 4 is 14.5 Å². The third kappa shape index (κ3) is 2.46. The third-order valence-electron chi connectivity index (χ3n) is 1.42. The van der Waals surface area contributed by atoms with Gasteiger partial charge in [-0.05, 0) is 23.9 Å². The normalized spacial score (nSPS) is 9.92. The van der Waals surface area contributed by atoms with Crippen LogP contribution in [0.5, 0.6) is 5.75 Å². The Bertz CT molecular complexity index is 263. The summed E-state index contributed by atoms with van der Waals surface area (Å²) in [6.45, 7) is 2.55. The average Bonchev–Trinajstić information content (AvgIpc) is 2.03. The Morgan fingerprint density at radius 2 is 2.25 bits per heavy atom. The summed E-state index contributed by atoms with van der Waals surface area (Å²) in [6, 6.07) is 4.89. The van der Waals surface area contributed by atoms with Gasteiger partial charge in [-0.25, -0.2) is 4.39 Å². The second kappa shape index (κ2) is 4.42. The van der Waals surface area contributed by atoms with Gasteiger partial charge in [0.1, 0.15) is 0 Å². The van der Waals surface area contributed by atoms with Crippen molar-refractivity contribution in [2.24, 2.45) is 0 Å². The lowest BCUT2D eigenvalue weighted by atomic mass is 10.3. The zero-order valence-electron chi connectivity index (χ0n) is 7.01. The summed E-state index contributed by atoms with van der Waals surface area (Å²) in [5.41, 5.74) is 0. The smallest absolute Gasteiger partial charge is 0.165 e. The number of halogens is 1. The van der Waals surface area contributed by atoms with Gasteiger partial charge >= 0.3 is 0 Å². The highest BCUT2D eigenvalue weighted by molar-refractivity contribution is 7.27. The molecule has 12 heavy (non-hydrogen) atoms. The van der Waals surface area contributed by atoms with Crippen molar-refractivity contribution < 1.29 is 9.13 Å². The van der Waals surface area contributed by atoms with Gasteiger partial charge in [-0.3, -0.25) is 0 Å². The Kier molecular flexibility index (Phi) is 3.48. The lowest BCUT2D eigenvalue weighted by Gasteiger charge is -2.05. The summed E-state index contributed by atoms with van der Waals surface area (Å²) in [4.78, 5) is 0. The molecule has 1 aromatic rings. The zero-order valence-corrected chi connectivity index (χ0v) is 8.16. The van der Waals surface area contributed by atoms with Crippen molar-refractivity contribution in [1.82, 2.24) is 0 Å². The highest BCUT2D eigenvalue weighted by Gasteiger charge is 2.01. The quantitative estimate of drug-likeness (QED) is 0.657. The maximum Gasteiger partial charge on any atom is 0.165 e. The fourth-order valence-electron chi connectivity index (χ4n) is 0.846. The molecule has 0 aromatic heterocycles. The second-order valence-electron chi connectivity index (χ2n) is 2.54. The van der Waals surface area contributed by atoms with E-state index in [4.69, 9.17) is 4.74 Å². The minimum atomic E-state index is -0.295. The minimum absolute atomic E-state index is 0.295. The first-order valence-electron chi connectivity index (χ1n) is 3.92. The summed E-state index contributed by atoms with van der Waals surface area (Å²) in [5.74, 6) is 0.0407. The van der Waals surface area contributed by atoms with Gasteiger partial charge in [0.15, 0.2) is 11.6 Å². The van der Waals surface area contributed by atoms with E-state index < -0.39 is 0 Å².